The lowest BCUT2D eigenvalue weighted by molar-refractivity contribution is -0.118. The van der Waals surface area contributed by atoms with Crippen molar-refractivity contribution in [2.45, 2.75) is 19.1 Å². The van der Waals surface area contributed by atoms with Crippen LogP contribution >= 0.6 is 0 Å². The van der Waals surface area contributed by atoms with Gasteiger partial charge in [-0.3, -0.25) is 4.79 Å². The van der Waals surface area contributed by atoms with Gasteiger partial charge in [0.05, 0.1) is 12.5 Å². The molecule has 23 heavy (non-hydrogen) atoms. The van der Waals surface area contributed by atoms with Crippen LogP contribution in [0.4, 0.5) is 18.9 Å². The third kappa shape index (κ3) is 5.30. The smallest absolute Gasteiger partial charge is 0.387 e. The summed E-state index contributed by atoms with van der Waals surface area (Å²) in [5, 5.41) is 12.4. The summed E-state index contributed by atoms with van der Waals surface area (Å²) in [6.45, 7) is -2.92. The average molecular weight is 325 g/mol. The normalized spacial score (nSPS) is 12.0. The highest BCUT2D eigenvalue weighted by molar-refractivity contribution is 5.91. The summed E-state index contributed by atoms with van der Waals surface area (Å²) >= 11 is 0. The van der Waals surface area contributed by atoms with Gasteiger partial charge >= 0.3 is 6.61 Å². The monoisotopic (exact) mass is 325 g/mol. The number of aliphatic hydroxyl groups is 1. The Hall–Kier alpha value is -2.54. The summed E-state index contributed by atoms with van der Waals surface area (Å²) in [6, 6.07) is 10.7. The zero-order valence-electron chi connectivity index (χ0n) is 11.9. The number of rotatable bonds is 6. The number of halogens is 3. The van der Waals surface area contributed by atoms with Crippen LogP contribution in [-0.2, 0) is 4.79 Å². The minimum absolute atomic E-state index is 0.0298. The van der Waals surface area contributed by atoms with Gasteiger partial charge in [-0.2, -0.15) is 8.78 Å². The fourth-order valence-corrected chi connectivity index (χ4v) is 1.94. The van der Waals surface area contributed by atoms with Crippen molar-refractivity contribution in [2.75, 3.05) is 5.32 Å². The molecule has 0 spiro atoms. The van der Waals surface area contributed by atoms with Gasteiger partial charge in [-0.15, -0.1) is 0 Å². The van der Waals surface area contributed by atoms with E-state index in [9.17, 15) is 23.1 Å². The van der Waals surface area contributed by atoms with Gasteiger partial charge in [-0.05, 0) is 42.0 Å². The highest BCUT2D eigenvalue weighted by Crippen LogP contribution is 2.20. The molecule has 0 saturated carbocycles. The summed E-state index contributed by atoms with van der Waals surface area (Å²) in [6.07, 6.45) is -1.41. The van der Waals surface area contributed by atoms with E-state index in [1.165, 1.54) is 42.5 Å². The van der Waals surface area contributed by atoms with E-state index in [1.807, 2.05) is 0 Å². The molecule has 2 N–H and O–H groups in total. The van der Waals surface area contributed by atoms with Gasteiger partial charge in [0.15, 0.2) is 0 Å². The number of ether oxygens (including phenoxy) is 1. The van der Waals surface area contributed by atoms with Crippen LogP contribution in [0.25, 0.3) is 0 Å². The van der Waals surface area contributed by atoms with Crippen molar-refractivity contribution in [3.63, 3.8) is 0 Å². The van der Waals surface area contributed by atoms with E-state index in [-0.39, 0.29) is 12.2 Å². The molecule has 0 heterocycles. The summed E-state index contributed by atoms with van der Waals surface area (Å²) < 4.78 is 41.3. The fourth-order valence-electron chi connectivity index (χ4n) is 1.94. The number of carbonyl (C=O) groups excluding carboxylic acids is 1. The van der Waals surface area contributed by atoms with E-state index in [1.54, 1.807) is 0 Å². The summed E-state index contributed by atoms with van der Waals surface area (Å²) in [5.74, 6) is -1.03. The van der Waals surface area contributed by atoms with Crippen molar-refractivity contribution < 1.29 is 27.8 Å². The number of nitrogens with one attached hydrogen (secondary N) is 1. The average Bonchev–Trinajstić information content (AvgIpc) is 2.48. The van der Waals surface area contributed by atoms with Crippen molar-refractivity contribution in [2.24, 2.45) is 0 Å². The molecule has 1 unspecified atom stereocenters. The van der Waals surface area contributed by atoms with E-state index in [4.69, 9.17) is 0 Å². The zero-order valence-corrected chi connectivity index (χ0v) is 11.9. The molecule has 0 bridgehead atoms. The number of anilines is 1. The highest BCUT2D eigenvalue weighted by atomic mass is 19.3. The van der Waals surface area contributed by atoms with Crippen molar-refractivity contribution in [1.82, 2.24) is 0 Å². The summed E-state index contributed by atoms with van der Waals surface area (Å²) in [5.41, 5.74) is 0.656. The lowest BCUT2D eigenvalue weighted by Gasteiger charge is -2.12. The van der Waals surface area contributed by atoms with E-state index < -0.39 is 24.4 Å². The standard InChI is InChI=1S/C16H14F3NO3/c17-11-3-1-2-10(8-11)14(21)9-15(22)20-12-4-6-13(7-5-12)23-16(18)19/h1-8,14,16,21H,9H2,(H,20,22). The number of amides is 1. The zero-order chi connectivity index (χ0) is 16.8. The number of aliphatic hydroxyl groups excluding tert-OH is 1. The maximum Gasteiger partial charge on any atom is 0.387 e. The molecule has 0 radical (unpaired) electrons. The SMILES string of the molecule is O=C(CC(O)c1cccc(F)c1)Nc1ccc(OC(F)F)cc1. The predicted octanol–water partition coefficient (Wildman–Crippen LogP) is 3.49. The van der Waals surface area contributed by atoms with Crippen LogP contribution in [0.15, 0.2) is 48.5 Å². The molecule has 0 saturated heterocycles. The molecule has 0 aliphatic rings. The van der Waals surface area contributed by atoms with Gasteiger partial charge in [0, 0.05) is 5.69 Å². The van der Waals surface area contributed by atoms with Gasteiger partial charge in [0.25, 0.3) is 0 Å². The molecule has 1 amide bonds. The van der Waals surface area contributed by atoms with Crippen LogP contribution in [0.2, 0.25) is 0 Å². The largest absolute Gasteiger partial charge is 0.435 e. The summed E-state index contributed by atoms with van der Waals surface area (Å²) in [4.78, 5) is 11.8. The molecule has 122 valence electrons. The Balaban J connectivity index is 1.91. The number of hydrogen-bond acceptors (Lipinski definition) is 3. The van der Waals surface area contributed by atoms with Crippen molar-refractivity contribution in [3.8, 4) is 5.75 Å². The number of hydrogen-bond donors (Lipinski definition) is 2. The van der Waals surface area contributed by atoms with Crippen LogP contribution in [0.1, 0.15) is 18.1 Å². The van der Waals surface area contributed by atoms with Crippen LogP contribution in [0.3, 0.4) is 0 Å². The molecular formula is C16H14F3NO3. The minimum atomic E-state index is -2.92. The quantitative estimate of drug-likeness (QED) is 0.855. The first-order valence-corrected chi connectivity index (χ1v) is 6.72. The molecule has 1 atom stereocenters. The Bertz CT molecular complexity index is 662. The van der Waals surface area contributed by atoms with Crippen molar-refractivity contribution in [3.05, 3.63) is 59.9 Å². The molecule has 2 aromatic rings. The second-order valence-electron chi connectivity index (χ2n) is 4.73. The first-order valence-electron chi connectivity index (χ1n) is 6.72. The molecule has 2 aromatic carbocycles. The molecule has 0 aliphatic heterocycles. The Morgan fingerprint density at radius 1 is 1.17 bits per heavy atom. The Kier molecular flexibility index (Phi) is 5.59. The van der Waals surface area contributed by atoms with Crippen LogP contribution in [-0.4, -0.2) is 17.6 Å². The molecule has 4 nitrogen and oxygen atoms in total. The number of benzene rings is 2. The maximum atomic E-state index is 13.1. The van der Waals surface area contributed by atoms with Crippen LogP contribution < -0.4 is 10.1 Å². The van der Waals surface area contributed by atoms with E-state index in [0.29, 0.717) is 11.3 Å². The molecule has 0 aromatic heterocycles. The van der Waals surface area contributed by atoms with E-state index in [0.717, 1.165) is 6.07 Å². The van der Waals surface area contributed by atoms with Gasteiger partial charge < -0.3 is 15.2 Å². The highest BCUT2D eigenvalue weighted by Gasteiger charge is 2.14. The second kappa shape index (κ2) is 7.64. The van der Waals surface area contributed by atoms with Crippen molar-refractivity contribution >= 4 is 11.6 Å². The summed E-state index contributed by atoms with van der Waals surface area (Å²) in [7, 11) is 0. The molecule has 7 heteroatoms. The Morgan fingerprint density at radius 2 is 1.87 bits per heavy atom. The van der Waals surface area contributed by atoms with Gasteiger partial charge in [0.1, 0.15) is 11.6 Å². The number of alkyl halides is 2. The lowest BCUT2D eigenvalue weighted by Crippen LogP contribution is -2.15. The predicted molar refractivity (Wildman–Crippen MR) is 77.7 cm³/mol. The molecular weight excluding hydrogens is 311 g/mol. The molecule has 2 rings (SSSR count). The fraction of sp³-hybridized carbons (Fsp3) is 0.188. The second-order valence-corrected chi connectivity index (χ2v) is 4.73. The Morgan fingerprint density at radius 3 is 2.48 bits per heavy atom. The topological polar surface area (TPSA) is 58.6 Å². The third-order valence-electron chi connectivity index (χ3n) is 2.98. The number of carbonyl (C=O) groups is 1. The molecule has 0 aliphatic carbocycles. The van der Waals surface area contributed by atoms with E-state index >= 15 is 0 Å². The van der Waals surface area contributed by atoms with Crippen LogP contribution in [0.5, 0.6) is 5.75 Å². The third-order valence-corrected chi connectivity index (χ3v) is 2.98. The molecule has 0 fully saturated rings. The first-order chi connectivity index (χ1) is 10.9. The van der Waals surface area contributed by atoms with Gasteiger partial charge in [-0.25, -0.2) is 4.39 Å². The van der Waals surface area contributed by atoms with E-state index in [2.05, 4.69) is 10.1 Å². The van der Waals surface area contributed by atoms with Crippen molar-refractivity contribution in [1.29, 1.82) is 0 Å². The van der Waals surface area contributed by atoms with Gasteiger partial charge in [0.2, 0.25) is 5.91 Å². The lowest BCUT2D eigenvalue weighted by atomic mass is 10.1. The van der Waals surface area contributed by atoms with Gasteiger partial charge in [-0.1, -0.05) is 12.1 Å². The Labute approximate surface area is 130 Å². The first kappa shape index (κ1) is 16.8. The van der Waals surface area contributed by atoms with Crippen LogP contribution in [0, 0.1) is 5.82 Å². The minimum Gasteiger partial charge on any atom is -0.435 e. The maximum absolute atomic E-state index is 13.1.